The molecule has 1 rings (SSSR count). The van der Waals surface area contributed by atoms with Crippen molar-refractivity contribution in [3.8, 4) is 5.75 Å². The summed E-state index contributed by atoms with van der Waals surface area (Å²) >= 11 is 5.80. The number of ether oxygens (including phenoxy) is 1. The van der Waals surface area contributed by atoms with E-state index < -0.39 is 17.4 Å². The molecule has 102 valence electrons. The van der Waals surface area contributed by atoms with Crippen LogP contribution in [0.1, 0.15) is 25.5 Å². The van der Waals surface area contributed by atoms with Crippen molar-refractivity contribution in [3.63, 3.8) is 0 Å². The molecular formula is C12H17Cl2NO3. The molecule has 1 aromatic carbocycles. The monoisotopic (exact) mass is 293 g/mol. The molecule has 0 unspecified atom stereocenters. The number of methoxy groups -OCH3 is 1. The van der Waals surface area contributed by atoms with Crippen molar-refractivity contribution in [3.05, 3.63) is 28.8 Å². The van der Waals surface area contributed by atoms with Crippen LogP contribution in [0.4, 0.5) is 0 Å². The molecule has 3 N–H and O–H groups in total. The number of hydrogen-bond acceptors (Lipinski definition) is 4. The predicted octanol–water partition coefficient (Wildman–Crippen LogP) is 2.67. The average Bonchev–Trinajstić information content (AvgIpc) is 2.30. The summed E-state index contributed by atoms with van der Waals surface area (Å²) in [5.74, 6) is -0.410. The zero-order valence-electron chi connectivity index (χ0n) is 10.4. The van der Waals surface area contributed by atoms with Crippen LogP contribution in [0.3, 0.4) is 0 Å². The van der Waals surface area contributed by atoms with Crippen LogP contribution in [0.5, 0.6) is 5.75 Å². The maximum atomic E-state index is 11.6. The van der Waals surface area contributed by atoms with Gasteiger partial charge in [0.2, 0.25) is 0 Å². The van der Waals surface area contributed by atoms with Crippen LogP contribution < -0.4 is 5.73 Å². The number of benzene rings is 1. The SMILES string of the molecule is COC(=O)C(C)(C)[C@H](N)c1ccc(O)c(Cl)c1.Cl. The van der Waals surface area contributed by atoms with E-state index in [0.717, 1.165) is 0 Å². The molecule has 0 heterocycles. The van der Waals surface area contributed by atoms with Gasteiger partial charge < -0.3 is 15.6 Å². The first kappa shape index (κ1) is 17.0. The number of nitrogens with two attached hydrogens (primary N) is 1. The normalized spacial score (nSPS) is 12.5. The average molecular weight is 294 g/mol. The van der Waals surface area contributed by atoms with Gasteiger partial charge >= 0.3 is 5.97 Å². The first-order valence-corrected chi connectivity index (χ1v) is 5.51. The number of halogens is 2. The third-order valence-corrected chi connectivity index (χ3v) is 3.12. The Labute approximate surface area is 117 Å². The number of phenols is 1. The fourth-order valence-electron chi connectivity index (χ4n) is 1.52. The van der Waals surface area contributed by atoms with E-state index in [0.29, 0.717) is 5.56 Å². The van der Waals surface area contributed by atoms with E-state index in [1.54, 1.807) is 26.0 Å². The van der Waals surface area contributed by atoms with Crippen molar-refractivity contribution in [1.29, 1.82) is 0 Å². The molecule has 0 amide bonds. The van der Waals surface area contributed by atoms with Gasteiger partial charge in [0, 0.05) is 6.04 Å². The highest BCUT2D eigenvalue weighted by molar-refractivity contribution is 6.32. The summed E-state index contributed by atoms with van der Waals surface area (Å²) in [7, 11) is 1.32. The van der Waals surface area contributed by atoms with Gasteiger partial charge in [-0.15, -0.1) is 12.4 Å². The quantitative estimate of drug-likeness (QED) is 0.841. The van der Waals surface area contributed by atoms with E-state index in [-0.39, 0.29) is 23.2 Å². The Morgan fingerprint density at radius 1 is 1.50 bits per heavy atom. The Kier molecular flexibility index (Phi) is 5.93. The van der Waals surface area contributed by atoms with Gasteiger partial charge in [0.25, 0.3) is 0 Å². The number of phenolic OH excluding ortho intramolecular Hbond substituents is 1. The number of esters is 1. The summed E-state index contributed by atoms with van der Waals surface area (Å²) < 4.78 is 4.71. The predicted molar refractivity (Wildman–Crippen MR) is 73.1 cm³/mol. The van der Waals surface area contributed by atoms with E-state index >= 15 is 0 Å². The summed E-state index contributed by atoms with van der Waals surface area (Å²) in [5.41, 5.74) is 5.83. The Morgan fingerprint density at radius 2 is 2.06 bits per heavy atom. The van der Waals surface area contributed by atoms with E-state index in [4.69, 9.17) is 22.1 Å². The number of rotatable bonds is 3. The van der Waals surface area contributed by atoms with Crippen LogP contribution in [0.15, 0.2) is 18.2 Å². The molecule has 0 aliphatic carbocycles. The van der Waals surface area contributed by atoms with Gasteiger partial charge in [-0.25, -0.2) is 0 Å². The highest BCUT2D eigenvalue weighted by atomic mass is 35.5. The fraction of sp³-hybridized carbons (Fsp3) is 0.417. The van der Waals surface area contributed by atoms with Gasteiger partial charge in [0.15, 0.2) is 0 Å². The van der Waals surface area contributed by atoms with E-state index in [9.17, 15) is 9.90 Å². The maximum Gasteiger partial charge on any atom is 0.313 e. The van der Waals surface area contributed by atoms with Gasteiger partial charge in [0.05, 0.1) is 17.5 Å². The first-order valence-electron chi connectivity index (χ1n) is 5.13. The molecule has 0 aromatic heterocycles. The second-order valence-corrected chi connectivity index (χ2v) is 4.81. The summed E-state index contributed by atoms with van der Waals surface area (Å²) in [6.45, 7) is 3.40. The molecular weight excluding hydrogens is 277 g/mol. The zero-order chi connectivity index (χ0) is 13.2. The van der Waals surface area contributed by atoms with Crippen LogP contribution in [-0.4, -0.2) is 18.2 Å². The largest absolute Gasteiger partial charge is 0.506 e. The van der Waals surface area contributed by atoms with Gasteiger partial charge in [-0.3, -0.25) is 4.79 Å². The van der Waals surface area contributed by atoms with Crippen LogP contribution in [-0.2, 0) is 9.53 Å². The highest BCUT2D eigenvalue weighted by Gasteiger charge is 2.36. The number of carbonyl (C=O) groups is 1. The first-order chi connectivity index (χ1) is 7.80. The minimum atomic E-state index is -0.866. The van der Waals surface area contributed by atoms with Crippen LogP contribution >= 0.6 is 24.0 Å². The summed E-state index contributed by atoms with van der Waals surface area (Å²) in [4.78, 5) is 11.6. The second-order valence-electron chi connectivity index (χ2n) is 4.40. The number of carbonyl (C=O) groups excluding carboxylic acids is 1. The molecule has 0 aliphatic rings. The minimum Gasteiger partial charge on any atom is -0.506 e. The van der Waals surface area contributed by atoms with Crippen molar-refractivity contribution in [1.82, 2.24) is 0 Å². The molecule has 1 atom stereocenters. The lowest BCUT2D eigenvalue weighted by Crippen LogP contribution is -2.37. The number of aromatic hydroxyl groups is 1. The molecule has 4 nitrogen and oxygen atoms in total. The van der Waals surface area contributed by atoms with Crippen LogP contribution in [0.2, 0.25) is 5.02 Å². The summed E-state index contributed by atoms with van der Waals surface area (Å²) in [5, 5.41) is 9.53. The number of hydrogen-bond donors (Lipinski definition) is 2. The Morgan fingerprint density at radius 3 is 2.50 bits per heavy atom. The molecule has 0 fully saturated rings. The van der Waals surface area contributed by atoms with Crippen LogP contribution in [0.25, 0.3) is 0 Å². The van der Waals surface area contributed by atoms with Gasteiger partial charge in [0.1, 0.15) is 5.75 Å². The highest BCUT2D eigenvalue weighted by Crippen LogP contribution is 2.35. The second kappa shape index (κ2) is 6.27. The van der Waals surface area contributed by atoms with E-state index in [2.05, 4.69) is 0 Å². The van der Waals surface area contributed by atoms with Crippen molar-refractivity contribution < 1.29 is 14.6 Å². The van der Waals surface area contributed by atoms with Crippen molar-refractivity contribution in [2.45, 2.75) is 19.9 Å². The maximum absolute atomic E-state index is 11.6. The zero-order valence-corrected chi connectivity index (χ0v) is 12.0. The Hall–Kier alpha value is -0.970. The van der Waals surface area contributed by atoms with E-state index in [1.807, 2.05) is 0 Å². The van der Waals surface area contributed by atoms with Gasteiger partial charge in [-0.2, -0.15) is 0 Å². The van der Waals surface area contributed by atoms with E-state index in [1.165, 1.54) is 13.2 Å². The molecule has 0 aliphatic heterocycles. The molecule has 0 saturated carbocycles. The third kappa shape index (κ3) is 3.28. The Balaban J connectivity index is 0.00000289. The molecule has 0 saturated heterocycles. The van der Waals surface area contributed by atoms with Crippen molar-refractivity contribution in [2.75, 3.05) is 7.11 Å². The molecule has 0 radical (unpaired) electrons. The molecule has 1 aromatic rings. The lowest BCUT2D eigenvalue weighted by Gasteiger charge is -2.29. The summed E-state index contributed by atoms with van der Waals surface area (Å²) in [6.07, 6.45) is 0. The topological polar surface area (TPSA) is 72.5 Å². The van der Waals surface area contributed by atoms with Gasteiger partial charge in [-0.05, 0) is 31.5 Å². The smallest absolute Gasteiger partial charge is 0.313 e. The molecule has 0 spiro atoms. The van der Waals surface area contributed by atoms with Gasteiger partial charge in [-0.1, -0.05) is 17.7 Å². The minimum absolute atomic E-state index is 0. The standard InChI is InChI=1S/C12H16ClNO3.ClH/c1-12(2,11(16)17-3)10(14)7-4-5-9(15)8(13)6-7;/h4-6,10,15H,14H2,1-3H3;1H/t10-;/m1./s1. The molecule has 0 bridgehead atoms. The summed E-state index contributed by atoms with van der Waals surface area (Å²) in [6, 6.07) is 4.07. The molecule has 6 heteroatoms. The lowest BCUT2D eigenvalue weighted by atomic mass is 9.81. The van der Waals surface area contributed by atoms with Crippen molar-refractivity contribution >= 4 is 30.0 Å². The van der Waals surface area contributed by atoms with Crippen LogP contribution in [0, 0.1) is 5.41 Å². The third-order valence-electron chi connectivity index (χ3n) is 2.82. The lowest BCUT2D eigenvalue weighted by molar-refractivity contribution is -0.152. The van der Waals surface area contributed by atoms with Crippen molar-refractivity contribution in [2.24, 2.45) is 11.1 Å². The fourth-order valence-corrected chi connectivity index (χ4v) is 1.71. The molecule has 18 heavy (non-hydrogen) atoms. The Bertz CT molecular complexity index is 435.